The van der Waals surface area contributed by atoms with Crippen molar-refractivity contribution in [1.82, 2.24) is 10.2 Å². The van der Waals surface area contributed by atoms with E-state index in [1.807, 2.05) is 0 Å². The lowest BCUT2D eigenvalue weighted by molar-refractivity contribution is 0.119. The molecule has 0 bridgehead atoms. The second-order valence-electron chi connectivity index (χ2n) is 5.78. The number of hydrogen-bond donors (Lipinski definition) is 1. The van der Waals surface area contributed by atoms with E-state index >= 15 is 0 Å². The largest absolute Gasteiger partial charge is 0.489 e. The van der Waals surface area contributed by atoms with E-state index in [-0.39, 0.29) is 0 Å². The summed E-state index contributed by atoms with van der Waals surface area (Å²) in [6.07, 6.45) is 5.28. The summed E-state index contributed by atoms with van der Waals surface area (Å²) < 4.78 is 7.06. The molecular weight excluding hydrogens is 316 g/mol. The van der Waals surface area contributed by atoms with Gasteiger partial charge in [0, 0.05) is 32.7 Å². The highest BCUT2D eigenvalue weighted by Gasteiger charge is 2.20. The van der Waals surface area contributed by atoms with Gasteiger partial charge in [0.2, 0.25) is 0 Å². The molecule has 0 unspecified atom stereocenters. The molecule has 3 nitrogen and oxygen atoms in total. The van der Waals surface area contributed by atoms with Crippen LogP contribution in [0.1, 0.15) is 24.8 Å². The zero-order valence-electron chi connectivity index (χ0n) is 11.9. The maximum Gasteiger partial charge on any atom is 0.133 e. The number of nitrogens with one attached hydrogen (secondary N) is 1. The van der Waals surface area contributed by atoms with Crippen LogP contribution in [0.2, 0.25) is 0 Å². The predicted octanol–water partition coefficient (Wildman–Crippen LogP) is 2.83. The smallest absolute Gasteiger partial charge is 0.133 e. The molecule has 1 N–H and O–H groups in total. The molecule has 0 atom stereocenters. The molecule has 0 amide bonds. The molecule has 1 aromatic carbocycles. The zero-order chi connectivity index (χ0) is 13.8. The number of hydrogen-bond acceptors (Lipinski definition) is 3. The highest BCUT2D eigenvalue weighted by atomic mass is 79.9. The molecule has 0 aromatic heterocycles. The first-order chi connectivity index (χ1) is 9.81. The Kier molecular flexibility index (Phi) is 4.97. The molecule has 110 valence electrons. The van der Waals surface area contributed by atoms with Gasteiger partial charge in [0.05, 0.1) is 10.6 Å². The van der Waals surface area contributed by atoms with E-state index in [0.29, 0.717) is 6.10 Å². The average Bonchev–Trinajstić information content (AvgIpc) is 2.43. The Bertz CT molecular complexity index is 442. The molecule has 4 heteroatoms. The Hall–Kier alpha value is -0.580. The van der Waals surface area contributed by atoms with Crippen molar-refractivity contribution in [2.24, 2.45) is 0 Å². The summed E-state index contributed by atoms with van der Waals surface area (Å²) in [4.78, 5) is 2.53. The fourth-order valence-electron chi connectivity index (χ4n) is 2.69. The van der Waals surface area contributed by atoms with Crippen LogP contribution in [-0.2, 0) is 6.42 Å². The third-order valence-electron chi connectivity index (χ3n) is 4.27. The number of rotatable bonds is 5. The number of halogens is 1. The highest BCUT2D eigenvalue weighted by molar-refractivity contribution is 9.10. The summed E-state index contributed by atoms with van der Waals surface area (Å²) in [7, 11) is 0. The van der Waals surface area contributed by atoms with E-state index < -0.39 is 0 Å². The minimum Gasteiger partial charge on any atom is -0.489 e. The number of benzene rings is 1. The van der Waals surface area contributed by atoms with E-state index in [9.17, 15) is 0 Å². The molecule has 2 fully saturated rings. The van der Waals surface area contributed by atoms with Gasteiger partial charge in [0.1, 0.15) is 5.75 Å². The highest BCUT2D eigenvalue weighted by Crippen LogP contribution is 2.31. The first-order valence-corrected chi connectivity index (χ1v) is 8.49. The Balaban J connectivity index is 1.52. The van der Waals surface area contributed by atoms with Crippen LogP contribution in [0.4, 0.5) is 0 Å². The van der Waals surface area contributed by atoms with Crippen LogP contribution >= 0.6 is 15.9 Å². The average molecular weight is 339 g/mol. The van der Waals surface area contributed by atoms with Crippen molar-refractivity contribution in [3.63, 3.8) is 0 Å². The Morgan fingerprint density at radius 3 is 2.70 bits per heavy atom. The topological polar surface area (TPSA) is 24.5 Å². The van der Waals surface area contributed by atoms with Crippen molar-refractivity contribution in [1.29, 1.82) is 0 Å². The van der Waals surface area contributed by atoms with Gasteiger partial charge in [0.15, 0.2) is 0 Å². The van der Waals surface area contributed by atoms with Gasteiger partial charge in [-0.25, -0.2) is 0 Å². The summed E-state index contributed by atoms with van der Waals surface area (Å²) in [5.41, 5.74) is 1.39. The lowest BCUT2D eigenvalue weighted by atomic mass is 9.96. The van der Waals surface area contributed by atoms with Crippen LogP contribution in [0, 0.1) is 0 Å². The fraction of sp³-hybridized carbons (Fsp3) is 0.625. The molecule has 1 aromatic rings. The van der Waals surface area contributed by atoms with E-state index in [2.05, 4.69) is 44.3 Å². The van der Waals surface area contributed by atoms with E-state index in [4.69, 9.17) is 4.74 Å². The van der Waals surface area contributed by atoms with Gasteiger partial charge in [-0.2, -0.15) is 0 Å². The Labute approximate surface area is 129 Å². The Morgan fingerprint density at radius 1 is 1.25 bits per heavy atom. The summed E-state index contributed by atoms with van der Waals surface area (Å²) in [6.45, 7) is 5.74. The van der Waals surface area contributed by atoms with Gasteiger partial charge < -0.3 is 15.0 Å². The molecule has 1 aliphatic heterocycles. The van der Waals surface area contributed by atoms with Crippen LogP contribution in [0.3, 0.4) is 0 Å². The number of piperazine rings is 1. The second kappa shape index (κ2) is 6.92. The van der Waals surface area contributed by atoms with E-state index in [0.717, 1.165) is 36.3 Å². The van der Waals surface area contributed by atoms with Crippen molar-refractivity contribution in [2.45, 2.75) is 31.8 Å². The molecule has 20 heavy (non-hydrogen) atoms. The standard InChI is InChI=1S/C16H23BrN2O/c17-15-12-13(6-9-19-10-7-18-8-11-19)4-5-16(15)20-14-2-1-3-14/h4-5,12,14,18H,1-3,6-11H2. The molecular formula is C16H23BrN2O. The first-order valence-electron chi connectivity index (χ1n) is 7.69. The van der Waals surface area contributed by atoms with Gasteiger partial charge in [-0.15, -0.1) is 0 Å². The SMILES string of the molecule is Brc1cc(CCN2CCNCC2)ccc1OC1CCC1. The Morgan fingerprint density at radius 2 is 2.05 bits per heavy atom. The molecule has 3 rings (SSSR count). The van der Waals surface area contributed by atoms with Gasteiger partial charge in [-0.1, -0.05) is 6.07 Å². The maximum absolute atomic E-state index is 5.96. The summed E-state index contributed by atoms with van der Waals surface area (Å²) in [6, 6.07) is 6.55. The third kappa shape index (κ3) is 3.74. The molecule has 1 heterocycles. The van der Waals surface area contributed by atoms with Crippen molar-refractivity contribution in [2.75, 3.05) is 32.7 Å². The van der Waals surface area contributed by atoms with Crippen LogP contribution in [0.15, 0.2) is 22.7 Å². The molecule has 0 spiro atoms. The van der Waals surface area contributed by atoms with Crippen LogP contribution < -0.4 is 10.1 Å². The minimum atomic E-state index is 0.443. The van der Waals surface area contributed by atoms with Gasteiger partial charge in [0.25, 0.3) is 0 Å². The molecule has 1 saturated carbocycles. The normalized spacial score (nSPS) is 20.6. The predicted molar refractivity (Wildman–Crippen MR) is 85.4 cm³/mol. The van der Waals surface area contributed by atoms with Gasteiger partial charge in [-0.3, -0.25) is 0 Å². The summed E-state index contributed by atoms with van der Waals surface area (Å²) in [5.74, 6) is 1.00. The minimum absolute atomic E-state index is 0.443. The molecule has 2 aliphatic rings. The molecule has 1 aliphatic carbocycles. The maximum atomic E-state index is 5.96. The molecule has 0 radical (unpaired) electrons. The van der Waals surface area contributed by atoms with Gasteiger partial charge >= 0.3 is 0 Å². The zero-order valence-corrected chi connectivity index (χ0v) is 13.5. The number of ether oxygens (including phenoxy) is 1. The molecule has 1 saturated heterocycles. The van der Waals surface area contributed by atoms with Crippen LogP contribution in [0.25, 0.3) is 0 Å². The number of nitrogens with zero attached hydrogens (tertiary/aromatic N) is 1. The van der Waals surface area contributed by atoms with Crippen LogP contribution in [-0.4, -0.2) is 43.7 Å². The van der Waals surface area contributed by atoms with Crippen molar-refractivity contribution >= 4 is 15.9 Å². The van der Waals surface area contributed by atoms with Crippen LogP contribution in [0.5, 0.6) is 5.75 Å². The van der Waals surface area contributed by atoms with E-state index in [1.165, 1.54) is 37.9 Å². The third-order valence-corrected chi connectivity index (χ3v) is 4.89. The quantitative estimate of drug-likeness (QED) is 0.893. The lowest BCUT2D eigenvalue weighted by Gasteiger charge is -2.28. The van der Waals surface area contributed by atoms with Crippen molar-refractivity contribution in [3.8, 4) is 5.75 Å². The lowest BCUT2D eigenvalue weighted by Crippen LogP contribution is -2.44. The monoisotopic (exact) mass is 338 g/mol. The first kappa shape index (κ1) is 14.4. The summed E-state index contributed by atoms with van der Waals surface area (Å²) in [5, 5.41) is 3.39. The fourth-order valence-corrected chi connectivity index (χ4v) is 3.21. The van der Waals surface area contributed by atoms with E-state index in [1.54, 1.807) is 0 Å². The van der Waals surface area contributed by atoms with Gasteiger partial charge in [-0.05, 0) is 59.3 Å². The van der Waals surface area contributed by atoms with Crippen molar-refractivity contribution < 1.29 is 4.74 Å². The second-order valence-corrected chi connectivity index (χ2v) is 6.63. The van der Waals surface area contributed by atoms with Crippen molar-refractivity contribution in [3.05, 3.63) is 28.2 Å². The summed E-state index contributed by atoms with van der Waals surface area (Å²) >= 11 is 3.65.